The molecule has 0 bridgehead atoms. The first-order valence-electron chi connectivity index (χ1n) is 5.54. The first-order chi connectivity index (χ1) is 8.35. The average molecular weight is 384 g/mol. The molecule has 100 valence electrons. The van der Waals surface area contributed by atoms with Crippen LogP contribution in [0.3, 0.4) is 0 Å². The molecule has 1 aromatic rings. The number of sulfone groups is 1. The summed E-state index contributed by atoms with van der Waals surface area (Å²) in [7, 11) is -3.03. The van der Waals surface area contributed by atoms with Crippen molar-refractivity contribution in [3.8, 4) is 0 Å². The Labute approximate surface area is 120 Å². The Hall–Kier alpha value is -0.500. The highest BCUT2D eigenvalue weighted by atomic mass is 127. The molecule has 0 aromatic heterocycles. The molecule has 18 heavy (non-hydrogen) atoms. The van der Waals surface area contributed by atoms with Gasteiger partial charge in [0.15, 0.2) is 5.78 Å². The minimum absolute atomic E-state index is 0.0208. The van der Waals surface area contributed by atoms with Crippen LogP contribution in [-0.4, -0.2) is 25.7 Å². The lowest BCUT2D eigenvalue weighted by molar-refractivity contribution is 0.0981. The molecular weight excluding hydrogens is 370 g/mol. The highest BCUT2D eigenvalue weighted by Crippen LogP contribution is 2.16. The van der Waals surface area contributed by atoms with Crippen LogP contribution in [0.5, 0.6) is 0 Å². The van der Waals surface area contributed by atoms with E-state index in [1.54, 1.807) is 6.92 Å². The third kappa shape index (κ3) is 4.64. The van der Waals surface area contributed by atoms with E-state index in [-0.39, 0.29) is 29.5 Å². The maximum atomic E-state index is 12.9. The van der Waals surface area contributed by atoms with Crippen molar-refractivity contribution in [1.82, 2.24) is 0 Å². The molecule has 0 aliphatic rings. The van der Waals surface area contributed by atoms with E-state index in [2.05, 4.69) is 0 Å². The van der Waals surface area contributed by atoms with Gasteiger partial charge in [-0.2, -0.15) is 0 Å². The van der Waals surface area contributed by atoms with E-state index in [0.717, 1.165) is 0 Å². The monoisotopic (exact) mass is 384 g/mol. The highest BCUT2D eigenvalue weighted by Gasteiger charge is 2.13. The van der Waals surface area contributed by atoms with Crippen LogP contribution in [0.2, 0.25) is 0 Å². The Kier molecular flexibility index (Phi) is 5.71. The summed E-state index contributed by atoms with van der Waals surface area (Å²) in [5.41, 5.74) is 0.450. The zero-order chi connectivity index (χ0) is 13.8. The molecule has 0 radical (unpaired) electrons. The third-order valence-electron chi connectivity index (χ3n) is 2.53. The molecule has 0 aliphatic heterocycles. The summed E-state index contributed by atoms with van der Waals surface area (Å²) in [6.07, 6.45) is 0.476. The minimum Gasteiger partial charge on any atom is -0.294 e. The van der Waals surface area contributed by atoms with Gasteiger partial charge in [-0.3, -0.25) is 4.79 Å². The number of ketones is 1. The molecule has 6 heteroatoms. The summed E-state index contributed by atoms with van der Waals surface area (Å²) in [4.78, 5) is 11.8. The summed E-state index contributed by atoms with van der Waals surface area (Å²) in [5.74, 6) is -0.419. The Morgan fingerprint density at radius 3 is 2.61 bits per heavy atom. The van der Waals surface area contributed by atoms with Crippen LogP contribution in [0.15, 0.2) is 18.2 Å². The standard InChI is InChI=1S/C12H14FIO3S/c1-2-18(16,17)7-3-4-12(15)10-6-5-9(13)8-11(10)14/h5-6,8H,2-4,7H2,1H3. The predicted molar refractivity (Wildman–Crippen MR) is 77.0 cm³/mol. The molecule has 1 aromatic carbocycles. The summed E-state index contributed by atoms with van der Waals surface area (Å²) < 4.78 is 36.0. The minimum atomic E-state index is -3.03. The van der Waals surface area contributed by atoms with Gasteiger partial charge >= 0.3 is 0 Å². The highest BCUT2D eigenvalue weighted by molar-refractivity contribution is 14.1. The molecule has 0 heterocycles. The van der Waals surface area contributed by atoms with Crippen molar-refractivity contribution in [3.05, 3.63) is 33.1 Å². The van der Waals surface area contributed by atoms with Gasteiger partial charge in [0.25, 0.3) is 0 Å². The number of Topliss-reactive ketones (excluding diaryl/α,β-unsaturated/α-hetero) is 1. The fourth-order valence-electron chi connectivity index (χ4n) is 1.45. The lowest BCUT2D eigenvalue weighted by atomic mass is 10.1. The first kappa shape index (κ1) is 15.6. The van der Waals surface area contributed by atoms with Crippen molar-refractivity contribution >= 4 is 38.2 Å². The van der Waals surface area contributed by atoms with Gasteiger partial charge in [0.1, 0.15) is 15.7 Å². The van der Waals surface area contributed by atoms with Gasteiger partial charge in [0, 0.05) is 21.3 Å². The Morgan fingerprint density at radius 1 is 1.39 bits per heavy atom. The van der Waals surface area contributed by atoms with Gasteiger partial charge in [0.05, 0.1) is 5.75 Å². The second-order valence-electron chi connectivity index (χ2n) is 3.89. The van der Waals surface area contributed by atoms with Crippen molar-refractivity contribution in [1.29, 1.82) is 0 Å². The SMILES string of the molecule is CCS(=O)(=O)CCCC(=O)c1ccc(F)cc1I. The molecular formula is C12H14FIO3S. The number of halogens is 2. The lowest BCUT2D eigenvalue weighted by Crippen LogP contribution is -2.11. The van der Waals surface area contributed by atoms with Crippen molar-refractivity contribution in [2.75, 3.05) is 11.5 Å². The van der Waals surface area contributed by atoms with Gasteiger partial charge in [-0.15, -0.1) is 0 Å². The maximum Gasteiger partial charge on any atom is 0.163 e. The molecule has 0 fully saturated rings. The van der Waals surface area contributed by atoms with Crippen LogP contribution >= 0.6 is 22.6 Å². The first-order valence-corrected chi connectivity index (χ1v) is 8.44. The van der Waals surface area contributed by atoms with Crippen LogP contribution in [0.25, 0.3) is 0 Å². The van der Waals surface area contributed by atoms with Crippen LogP contribution in [0.4, 0.5) is 4.39 Å². The number of hydrogen-bond donors (Lipinski definition) is 0. The Morgan fingerprint density at radius 2 is 2.06 bits per heavy atom. The number of rotatable bonds is 6. The molecule has 0 saturated heterocycles. The molecule has 0 N–H and O–H groups in total. The van der Waals surface area contributed by atoms with Crippen LogP contribution in [0.1, 0.15) is 30.1 Å². The molecule has 0 aliphatic carbocycles. The van der Waals surface area contributed by atoms with E-state index in [0.29, 0.717) is 15.6 Å². The average Bonchev–Trinajstić information content (AvgIpc) is 2.28. The fraction of sp³-hybridized carbons (Fsp3) is 0.417. The van der Waals surface area contributed by atoms with E-state index in [1.165, 1.54) is 18.2 Å². The zero-order valence-corrected chi connectivity index (χ0v) is 12.9. The van der Waals surface area contributed by atoms with E-state index in [4.69, 9.17) is 0 Å². The van der Waals surface area contributed by atoms with E-state index >= 15 is 0 Å². The molecule has 1 rings (SSSR count). The summed E-state index contributed by atoms with van der Waals surface area (Å²) in [6, 6.07) is 3.96. The second kappa shape index (κ2) is 6.60. The van der Waals surface area contributed by atoms with E-state index < -0.39 is 9.84 Å². The summed E-state index contributed by atoms with van der Waals surface area (Å²) >= 11 is 1.90. The van der Waals surface area contributed by atoms with Crippen molar-refractivity contribution in [2.45, 2.75) is 19.8 Å². The normalized spacial score (nSPS) is 11.5. The number of carbonyl (C=O) groups is 1. The van der Waals surface area contributed by atoms with E-state index in [9.17, 15) is 17.6 Å². The van der Waals surface area contributed by atoms with Crippen molar-refractivity contribution < 1.29 is 17.6 Å². The fourth-order valence-corrected chi connectivity index (χ4v) is 3.10. The van der Waals surface area contributed by atoms with Crippen LogP contribution < -0.4 is 0 Å². The van der Waals surface area contributed by atoms with Gasteiger partial charge in [-0.25, -0.2) is 12.8 Å². The van der Waals surface area contributed by atoms with Crippen molar-refractivity contribution in [2.24, 2.45) is 0 Å². The number of carbonyl (C=O) groups excluding carboxylic acids is 1. The second-order valence-corrected chi connectivity index (χ2v) is 7.52. The summed E-state index contributed by atoms with van der Waals surface area (Å²) in [5, 5.41) is 0. The molecule has 0 saturated carbocycles. The molecule has 0 atom stereocenters. The quantitative estimate of drug-likeness (QED) is 0.560. The number of benzene rings is 1. The largest absolute Gasteiger partial charge is 0.294 e. The zero-order valence-electron chi connectivity index (χ0n) is 9.95. The van der Waals surface area contributed by atoms with Crippen LogP contribution in [0, 0.1) is 9.39 Å². The van der Waals surface area contributed by atoms with Crippen molar-refractivity contribution in [3.63, 3.8) is 0 Å². The molecule has 0 spiro atoms. The Bertz CT molecular complexity index is 540. The number of hydrogen-bond acceptors (Lipinski definition) is 3. The van der Waals surface area contributed by atoms with Gasteiger partial charge in [0.2, 0.25) is 0 Å². The lowest BCUT2D eigenvalue weighted by Gasteiger charge is -2.04. The topological polar surface area (TPSA) is 51.2 Å². The Balaban J connectivity index is 2.61. The van der Waals surface area contributed by atoms with Gasteiger partial charge in [-0.1, -0.05) is 6.92 Å². The van der Waals surface area contributed by atoms with Gasteiger partial charge in [-0.05, 0) is 47.2 Å². The maximum absolute atomic E-state index is 12.9. The predicted octanol–water partition coefficient (Wildman–Crippen LogP) is 2.83. The summed E-state index contributed by atoms with van der Waals surface area (Å²) in [6.45, 7) is 1.58. The van der Waals surface area contributed by atoms with Crippen LogP contribution in [-0.2, 0) is 9.84 Å². The molecule has 0 unspecified atom stereocenters. The third-order valence-corrected chi connectivity index (χ3v) is 5.21. The molecule has 3 nitrogen and oxygen atoms in total. The van der Waals surface area contributed by atoms with E-state index in [1.807, 2.05) is 22.6 Å². The molecule has 0 amide bonds. The smallest absolute Gasteiger partial charge is 0.163 e. The van der Waals surface area contributed by atoms with Gasteiger partial charge < -0.3 is 0 Å².